The second kappa shape index (κ2) is 12.2. The van der Waals surface area contributed by atoms with E-state index in [2.05, 4.69) is 21.2 Å². The molecule has 2 aromatic carbocycles. The first-order chi connectivity index (χ1) is 14.3. The van der Waals surface area contributed by atoms with E-state index >= 15 is 0 Å². The summed E-state index contributed by atoms with van der Waals surface area (Å²) in [5.41, 5.74) is 0.589. The summed E-state index contributed by atoms with van der Waals surface area (Å²) in [6, 6.07) is 11.6. The SMILES string of the molecule is CCCCNC(=O)[C@@H](C)N(Cc1c(Cl)cccc1Cl)C(=O)COc1ccc(Br)cc1. The van der Waals surface area contributed by atoms with Crippen LogP contribution in [0.2, 0.25) is 10.0 Å². The number of carbonyl (C=O) groups excluding carboxylic acids is 2. The van der Waals surface area contributed by atoms with E-state index in [4.69, 9.17) is 27.9 Å². The maximum atomic E-state index is 13.0. The number of rotatable bonds is 10. The number of nitrogens with one attached hydrogen (secondary N) is 1. The molecule has 5 nitrogen and oxygen atoms in total. The monoisotopic (exact) mass is 514 g/mol. The Morgan fingerprint density at radius 2 is 1.77 bits per heavy atom. The number of carbonyl (C=O) groups is 2. The summed E-state index contributed by atoms with van der Waals surface area (Å²) in [6.07, 6.45) is 1.84. The van der Waals surface area contributed by atoms with E-state index < -0.39 is 6.04 Å². The number of halogens is 3. The van der Waals surface area contributed by atoms with Crippen molar-refractivity contribution in [1.29, 1.82) is 0 Å². The first-order valence-corrected chi connectivity index (χ1v) is 11.3. The van der Waals surface area contributed by atoms with E-state index in [1.165, 1.54) is 4.90 Å². The number of amides is 2. The third-order valence-electron chi connectivity index (χ3n) is 4.56. The third-order valence-corrected chi connectivity index (χ3v) is 5.80. The van der Waals surface area contributed by atoms with Crippen LogP contribution in [0.15, 0.2) is 46.9 Å². The zero-order chi connectivity index (χ0) is 22.1. The van der Waals surface area contributed by atoms with Crippen LogP contribution >= 0.6 is 39.1 Å². The van der Waals surface area contributed by atoms with E-state index in [-0.39, 0.29) is 25.0 Å². The number of hydrogen-bond acceptors (Lipinski definition) is 3. The lowest BCUT2D eigenvalue weighted by atomic mass is 10.1. The Hall–Kier alpha value is -1.76. The number of benzene rings is 2. The normalized spacial score (nSPS) is 11.6. The van der Waals surface area contributed by atoms with Crippen molar-refractivity contribution in [2.75, 3.05) is 13.2 Å². The summed E-state index contributed by atoms with van der Waals surface area (Å²) in [5, 5.41) is 3.74. The number of hydrogen-bond donors (Lipinski definition) is 1. The van der Waals surface area contributed by atoms with Gasteiger partial charge < -0.3 is 15.0 Å². The molecule has 0 heterocycles. The zero-order valence-electron chi connectivity index (χ0n) is 17.0. The molecule has 0 spiro atoms. The predicted molar refractivity (Wildman–Crippen MR) is 124 cm³/mol. The third kappa shape index (κ3) is 7.18. The van der Waals surface area contributed by atoms with Gasteiger partial charge in [-0.1, -0.05) is 58.5 Å². The van der Waals surface area contributed by atoms with Crippen molar-refractivity contribution in [2.45, 2.75) is 39.3 Å². The van der Waals surface area contributed by atoms with E-state index in [0.717, 1.165) is 17.3 Å². The molecular weight excluding hydrogens is 491 g/mol. The lowest BCUT2D eigenvalue weighted by Gasteiger charge is -2.29. The number of nitrogens with zero attached hydrogens (tertiary/aromatic N) is 1. The molecule has 0 unspecified atom stereocenters. The van der Waals surface area contributed by atoms with Gasteiger partial charge in [0.25, 0.3) is 5.91 Å². The summed E-state index contributed by atoms with van der Waals surface area (Å²) in [4.78, 5) is 27.1. The Labute approximate surface area is 195 Å². The van der Waals surface area contributed by atoms with Crippen LogP contribution in [0.5, 0.6) is 5.75 Å². The highest BCUT2D eigenvalue weighted by atomic mass is 79.9. The van der Waals surface area contributed by atoms with Crippen LogP contribution in [0.4, 0.5) is 0 Å². The molecule has 0 saturated heterocycles. The summed E-state index contributed by atoms with van der Waals surface area (Å²) in [5.74, 6) is -0.0157. The molecule has 1 atom stereocenters. The molecule has 0 saturated carbocycles. The number of ether oxygens (including phenoxy) is 1. The van der Waals surface area contributed by atoms with Gasteiger partial charge in [-0.15, -0.1) is 0 Å². The lowest BCUT2D eigenvalue weighted by Crippen LogP contribution is -2.49. The second-order valence-corrected chi connectivity index (χ2v) is 8.52. The van der Waals surface area contributed by atoms with E-state index in [0.29, 0.717) is 27.9 Å². The molecule has 30 heavy (non-hydrogen) atoms. The van der Waals surface area contributed by atoms with Crippen molar-refractivity contribution in [3.05, 3.63) is 62.5 Å². The highest BCUT2D eigenvalue weighted by molar-refractivity contribution is 9.10. The van der Waals surface area contributed by atoms with Gasteiger partial charge in [-0.2, -0.15) is 0 Å². The minimum absolute atomic E-state index is 0.101. The Balaban J connectivity index is 2.17. The first kappa shape index (κ1) is 24.5. The van der Waals surface area contributed by atoms with Gasteiger partial charge in [0, 0.05) is 33.2 Å². The van der Waals surface area contributed by atoms with Crippen LogP contribution in [0, 0.1) is 0 Å². The Morgan fingerprint density at radius 3 is 2.37 bits per heavy atom. The van der Waals surface area contributed by atoms with Gasteiger partial charge in [0.05, 0.1) is 0 Å². The van der Waals surface area contributed by atoms with Crippen LogP contribution in [0.1, 0.15) is 32.3 Å². The molecule has 0 bridgehead atoms. The van der Waals surface area contributed by atoms with Crippen LogP contribution in [-0.4, -0.2) is 35.9 Å². The standard InChI is InChI=1S/C22H25BrCl2N2O3/c1-3-4-12-26-22(29)15(2)27(13-18-19(24)6-5-7-20(18)25)21(28)14-30-17-10-8-16(23)9-11-17/h5-11,15H,3-4,12-14H2,1-2H3,(H,26,29)/t15-/m1/s1. The maximum absolute atomic E-state index is 13.0. The summed E-state index contributed by atoms with van der Waals surface area (Å²) in [6.45, 7) is 4.18. The van der Waals surface area contributed by atoms with Gasteiger partial charge in [-0.3, -0.25) is 9.59 Å². The molecular formula is C22H25BrCl2N2O3. The molecule has 1 N–H and O–H groups in total. The minimum atomic E-state index is -0.713. The van der Waals surface area contributed by atoms with Crippen molar-refractivity contribution >= 4 is 50.9 Å². The average molecular weight is 516 g/mol. The molecule has 8 heteroatoms. The lowest BCUT2D eigenvalue weighted by molar-refractivity contribution is -0.142. The summed E-state index contributed by atoms with van der Waals surface area (Å²) >= 11 is 15.9. The Kier molecular flexibility index (Phi) is 9.95. The topological polar surface area (TPSA) is 58.6 Å². The van der Waals surface area contributed by atoms with E-state index in [1.54, 1.807) is 37.3 Å². The molecule has 0 aliphatic rings. The van der Waals surface area contributed by atoms with Gasteiger partial charge in [0.2, 0.25) is 5.91 Å². The van der Waals surface area contributed by atoms with E-state index in [9.17, 15) is 9.59 Å². The second-order valence-electron chi connectivity index (χ2n) is 6.79. The molecule has 2 rings (SSSR count). The minimum Gasteiger partial charge on any atom is -0.484 e. The van der Waals surface area contributed by atoms with Crippen molar-refractivity contribution < 1.29 is 14.3 Å². The quantitative estimate of drug-likeness (QED) is 0.427. The summed E-state index contributed by atoms with van der Waals surface area (Å²) in [7, 11) is 0. The van der Waals surface area contributed by atoms with Gasteiger partial charge in [0.15, 0.2) is 6.61 Å². The molecule has 0 aromatic heterocycles. The molecule has 0 aliphatic heterocycles. The number of unbranched alkanes of at least 4 members (excludes halogenated alkanes) is 1. The predicted octanol–water partition coefficient (Wildman–Crippen LogP) is 5.47. The Bertz CT molecular complexity index is 842. The molecule has 2 aromatic rings. The average Bonchev–Trinajstić information content (AvgIpc) is 2.72. The van der Waals surface area contributed by atoms with E-state index in [1.807, 2.05) is 19.1 Å². The van der Waals surface area contributed by atoms with Crippen LogP contribution in [0.3, 0.4) is 0 Å². The fourth-order valence-corrected chi connectivity index (χ4v) is 3.51. The van der Waals surface area contributed by atoms with Crippen LogP contribution < -0.4 is 10.1 Å². The van der Waals surface area contributed by atoms with Gasteiger partial charge in [0.1, 0.15) is 11.8 Å². The largest absolute Gasteiger partial charge is 0.484 e. The van der Waals surface area contributed by atoms with Crippen molar-refractivity contribution in [3.63, 3.8) is 0 Å². The zero-order valence-corrected chi connectivity index (χ0v) is 20.1. The fourth-order valence-electron chi connectivity index (χ4n) is 2.73. The van der Waals surface area contributed by atoms with Crippen LogP contribution in [-0.2, 0) is 16.1 Å². The highest BCUT2D eigenvalue weighted by Gasteiger charge is 2.27. The molecule has 0 aliphatic carbocycles. The highest BCUT2D eigenvalue weighted by Crippen LogP contribution is 2.26. The van der Waals surface area contributed by atoms with Crippen LogP contribution in [0.25, 0.3) is 0 Å². The Morgan fingerprint density at radius 1 is 1.13 bits per heavy atom. The van der Waals surface area contributed by atoms with Gasteiger partial charge in [-0.25, -0.2) is 0 Å². The molecule has 0 fully saturated rings. The molecule has 0 radical (unpaired) electrons. The molecule has 162 valence electrons. The van der Waals surface area contributed by atoms with Crippen molar-refractivity contribution in [2.24, 2.45) is 0 Å². The maximum Gasteiger partial charge on any atom is 0.261 e. The smallest absolute Gasteiger partial charge is 0.261 e. The fraction of sp³-hybridized carbons (Fsp3) is 0.364. The molecule has 2 amide bonds. The first-order valence-electron chi connectivity index (χ1n) is 9.72. The van der Waals surface area contributed by atoms with Crippen molar-refractivity contribution in [1.82, 2.24) is 10.2 Å². The van der Waals surface area contributed by atoms with Crippen molar-refractivity contribution in [3.8, 4) is 5.75 Å². The summed E-state index contributed by atoms with van der Waals surface area (Å²) < 4.78 is 6.53. The van der Waals surface area contributed by atoms with Gasteiger partial charge >= 0.3 is 0 Å². The van der Waals surface area contributed by atoms with Gasteiger partial charge in [-0.05, 0) is 49.7 Å².